The number of methoxy groups -OCH3 is 1. The molecule has 2 amide bonds. The van der Waals surface area contributed by atoms with Crippen LogP contribution in [-0.2, 0) is 19.1 Å². The van der Waals surface area contributed by atoms with Crippen LogP contribution in [0.1, 0.15) is 31.4 Å². The number of ether oxygens (including phenoxy) is 1. The Bertz CT molecular complexity index is 488. The number of hydrogen-bond acceptors (Lipinski definition) is 4. The molecule has 0 aromatic heterocycles. The second kappa shape index (κ2) is 8.73. The summed E-state index contributed by atoms with van der Waals surface area (Å²) in [5, 5.41) is 5.33. The summed E-state index contributed by atoms with van der Waals surface area (Å²) < 4.78 is 4.65. The van der Waals surface area contributed by atoms with Gasteiger partial charge < -0.3 is 15.4 Å². The molecule has 0 unspecified atom stereocenters. The van der Waals surface area contributed by atoms with E-state index in [9.17, 15) is 14.4 Å². The van der Waals surface area contributed by atoms with E-state index in [0.29, 0.717) is 0 Å². The van der Waals surface area contributed by atoms with E-state index >= 15 is 0 Å². The first-order chi connectivity index (χ1) is 10.0. The third-order valence-corrected chi connectivity index (χ3v) is 2.86. The quantitative estimate of drug-likeness (QED) is 0.732. The topological polar surface area (TPSA) is 84.5 Å². The molecule has 114 valence electrons. The molecule has 0 aliphatic carbocycles. The van der Waals surface area contributed by atoms with Gasteiger partial charge in [0.1, 0.15) is 0 Å². The number of benzene rings is 1. The van der Waals surface area contributed by atoms with Crippen LogP contribution in [0.15, 0.2) is 30.3 Å². The Morgan fingerprint density at radius 3 is 2.43 bits per heavy atom. The maximum absolute atomic E-state index is 11.9. The fourth-order valence-corrected chi connectivity index (χ4v) is 1.81. The molecule has 0 saturated carbocycles. The Labute approximate surface area is 123 Å². The van der Waals surface area contributed by atoms with Crippen LogP contribution >= 0.6 is 0 Å². The Hall–Kier alpha value is -2.37. The number of nitrogens with one attached hydrogen (secondary N) is 2. The Balaban J connectivity index is 2.62. The van der Waals surface area contributed by atoms with Crippen molar-refractivity contribution in [2.45, 2.75) is 25.8 Å². The predicted molar refractivity (Wildman–Crippen MR) is 77.3 cm³/mol. The van der Waals surface area contributed by atoms with Gasteiger partial charge in [0.2, 0.25) is 11.8 Å². The van der Waals surface area contributed by atoms with Crippen molar-refractivity contribution in [1.29, 1.82) is 0 Å². The van der Waals surface area contributed by atoms with Gasteiger partial charge in [-0.3, -0.25) is 14.4 Å². The normalized spacial score (nSPS) is 11.3. The number of amides is 2. The first kappa shape index (κ1) is 16.7. The summed E-state index contributed by atoms with van der Waals surface area (Å²) in [5.74, 6) is -0.815. The second-order valence-corrected chi connectivity index (χ2v) is 4.54. The van der Waals surface area contributed by atoms with Gasteiger partial charge >= 0.3 is 5.97 Å². The summed E-state index contributed by atoms with van der Waals surface area (Å²) in [4.78, 5) is 34.1. The molecule has 0 radical (unpaired) electrons. The monoisotopic (exact) mass is 292 g/mol. The molecule has 1 aromatic rings. The van der Waals surface area contributed by atoms with Crippen LogP contribution in [0.3, 0.4) is 0 Å². The van der Waals surface area contributed by atoms with Crippen LogP contribution in [0.25, 0.3) is 0 Å². The van der Waals surface area contributed by atoms with Crippen molar-refractivity contribution in [2.24, 2.45) is 0 Å². The van der Waals surface area contributed by atoms with E-state index in [0.717, 1.165) is 5.56 Å². The number of carbonyl (C=O) groups is 3. The molecule has 6 heteroatoms. The molecule has 0 aliphatic rings. The highest BCUT2D eigenvalue weighted by atomic mass is 16.5. The van der Waals surface area contributed by atoms with Crippen molar-refractivity contribution in [3.63, 3.8) is 0 Å². The zero-order valence-electron chi connectivity index (χ0n) is 12.2. The minimum atomic E-state index is -0.441. The molecule has 0 heterocycles. The van der Waals surface area contributed by atoms with Crippen LogP contribution in [0.5, 0.6) is 0 Å². The summed E-state index contributed by atoms with van der Waals surface area (Å²) in [6.45, 7) is 1.66. The third-order valence-electron chi connectivity index (χ3n) is 2.86. The third kappa shape index (κ3) is 6.56. The fraction of sp³-hybridized carbons (Fsp3) is 0.400. The minimum Gasteiger partial charge on any atom is -0.469 e. The minimum absolute atomic E-state index is 0.0619. The summed E-state index contributed by atoms with van der Waals surface area (Å²) in [6.07, 6.45) is 0.219. The number of carbonyl (C=O) groups excluding carboxylic acids is 3. The second-order valence-electron chi connectivity index (χ2n) is 4.54. The molecule has 0 bridgehead atoms. The molecular weight excluding hydrogens is 272 g/mol. The maximum atomic E-state index is 11.9. The Morgan fingerprint density at radius 2 is 1.86 bits per heavy atom. The smallest absolute Gasteiger partial charge is 0.307 e. The highest BCUT2D eigenvalue weighted by molar-refractivity contribution is 5.79. The van der Waals surface area contributed by atoms with Crippen molar-refractivity contribution in [1.82, 2.24) is 10.6 Å². The van der Waals surface area contributed by atoms with Crippen molar-refractivity contribution >= 4 is 17.8 Å². The average molecular weight is 292 g/mol. The van der Waals surface area contributed by atoms with Crippen LogP contribution in [0, 0.1) is 0 Å². The molecular formula is C15H20N2O4. The lowest BCUT2D eigenvalue weighted by Gasteiger charge is -2.18. The first-order valence-electron chi connectivity index (χ1n) is 6.68. The summed E-state index contributed by atoms with van der Waals surface area (Å²) in [7, 11) is 1.31. The van der Waals surface area contributed by atoms with E-state index in [4.69, 9.17) is 0 Å². The predicted octanol–water partition coefficient (Wildman–Crippen LogP) is 0.933. The van der Waals surface area contributed by atoms with Gasteiger partial charge in [-0.05, 0) is 5.56 Å². The van der Waals surface area contributed by atoms with Crippen LogP contribution in [0.2, 0.25) is 0 Å². The van der Waals surface area contributed by atoms with Crippen LogP contribution in [-0.4, -0.2) is 31.4 Å². The molecule has 0 aliphatic heterocycles. The lowest BCUT2D eigenvalue weighted by atomic mass is 10.0. The van der Waals surface area contributed by atoms with Crippen LogP contribution < -0.4 is 10.6 Å². The van der Waals surface area contributed by atoms with Gasteiger partial charge in [-0.25, -0.2) is 0 Å². The SMILES string of the molecule is COC(=O)C[C@H](NC(=O)CCNC(C)=O)c1ccccc1. The van der Waals surface area contributed by atoms with Gasteiger partial charge in [-0.15, -0.1) is 0 Å². The van der Waals surface area contributed by atoms with Crippen LogP contribution in [0.4, 0.5) is 0 Å². The molecule has 1 atom stereocenters. The van der Waals surface area contributed by atoms with E-state index in [1.165, 1.54) is 14.0 Å². The molecule has 21 heavy (non-hydrogen) atoms. The molecule has 2 N–H and O–H groups in total. The summed E-state index contributed by atoms with van der Waals surface area (Å²) in [5.41, 5.74) is 0.829. The van der Waals surface area contributed by atoms with E-state index in [-0.39, 0.29) is 31.2 Å². The largest absolute Gasteiger partial charge is 0.469 e. The maximum Gasteiger partial charge on any atom is 0.307 e. The van der Waals surface area contributed by atoms with Crippen molar-refractivity contribution in [3.8, 4) is 0 Å². The van der Waals surface area contributed by atoms with E-state index < -0.39 is 12.0 Å². The zero-order valence-corrected chi connectivity index (χ0v) is 12.2. The van der Waals surface area contributed by atoms with Crippen molar-refractivity contribution < 1.29 is 19.1 Å². The highest BCUT2D eigenvalue weighted by Gasteiger charge is 2.18. The van der Waals surface area contributed by atoms with Gasteiger partial charge in [-0.2, -0.15) is 0 Å². The van der Waals surface area contributed by atoms with E-state index in [1.807, 2.05) is 30.3 Å². The fourth-order valence-electron chi connectivity index (χ4n) is 1.81. The number of esters is 1. The summed E-state index contributed by atoms with van der Waals surface area (Å²) in [6, 6.07) is 8.76. The molecule has 0 spiro atoms. The molecule has 6 nitrogen and oxygen atoms in total. The van der Waals surface area contributed by atoms with Gasteiger partial charge in [0.25, 0.3) is 0 Å². The van der Waals surface area contributed by atoms with Gasteiger partial charge in [0, 0.05) is 19.9 Å². The van der Waals surface area contributed by atoms with Gasteiger partial charge in [0.15, 0.2) is 0 Å². The summed E-state index contributed by atoms with van der Waals surface area (Å²) >= 11 is 0. The van der Waals surface area contributed by atoms with Gasteiger partial charge in [-0.1, -0.05) is 30.3 Å². The number of hydrogen-bond donors (Lipinski definition) is 2. The van der Waals surface area contributed by atoms with E-state index in [1.54, 1.807) is 0 Å². The van der Waals surface area contributed by atoms with Crippen molar-refractivity contribution in [2.75, 3.05) is 13.7 Å². The first-order valence-corrected chi connectivity index (χ1v) is 6.68. The van der Waals surface area contributed by atoms with E-state index in [2.05, 4.69) is 15.4 Å². The molecule has 1 aromatic carbocycles. The molecule has 0 fully saturated rings. The number of rotatable bonds is 7. The zero-order chi connectivity index (χ0) is 15.7. The molecule has 1 rings (SSSR count). The van der Waals surface area contributed by atoms with Gasteiger partial charge in [0.05, 0.1) is 19.6 Å². The van der Waals surface area contributed by atoms with Crippen molar-refractivity contribution in [3.05, 3.63) is 35.9 Å². The highest BCUT2D eigenvalue weighted by Crippen LogP contribution is 2.17. The Morgan fingerprint density at radius 1 is 1.19 bits per heavy atom. The average Bonchev–Trinajstić information content (AvgIpc) is 2.47. The Kier molecular flexibility index (Phi) is 6.94. The lowest BCUT2D eigenvalue weighted by molar-refractivity contribution is -0.141. The molecule has 0 saturated heterocycles. The standard InChI is InChI=1S/C15H20N2O4/c1-11(18)16-9-8-14(19)17-13(10-15(20)21-2)12-6-4-3-5-7-12/h3-7,13H,8-10H2,1-2H3,(H,16,18)(H,17,19)/t13-/m0/s1. The lowest BCUT2D eigenvalue weighted by Crippen LogP contribution is -2.33.